The van der Waals surface area contributed by atoms with E-state index in [9.17, 15) is 4.79 Å². The molecule has 4 rings (SSSR count). The van der Waals surface area contributed by atoms with Crippen molar-refractivity contribution in [1.29, 1.82) is 0 Å². The third-order valence-electron chi connectivity index (χ3n) is 4.14. The largest absolute Gasteiger partial charge is 0.360 e. The maximum atomic E-state index is 12.5. The molecule has 0 atom stereocenters. The van der Waals surface area contributed by atoms with E-state index in [1.54, 1.807) is 10.9 Å². The van der Waals surface area contributed by atoms with Gasteiger partial charge in [-0.15, -0.1) is 0 Å². The average molecular weight is 293 g/mol. The molecular formula is C17H15N3O2. The molecule has 5 heteroatoms. The molecule has 0 saturated heterocycles. The monoisotopic (exact) mass is 293 g/mol. The zero-order chi connectivity index (χ0) is 15.3. The van der Waals surface area contributed by atoms with Crippen molar-refractivity contribution >= 4 is 5.78 Å². The lowest BCUT2D eigenvalue weighted by Crippen LogP contribution is -2.00. The molecule has 0 bridgehead atoms. The number of fused-ring (bicyclic) bond motifs is 3. The molecule has 1 aliphatic carbocycles. The summed E-state index contributed by atoms with van der Waals surface area (Å²) in [6, 6.07) is 5.96. The minimum Gasteiger partial charge on any atom is -0.360 e. The van der Waals surface area contributed by atoms with Crippen LogP contribution in [0.15, 0.2) is 35.1 Å². The topological polar surface area (TPSA) is 60.9 Å². The third kappa shape index (κ3) is 1.89. The lowest BCUT2D eigenvalue weighted by molar-refractivity contribution is 0.0982. The van der Waals surface area contributed by atoms with Gasteiger partial charge in [-0.1, -0.05) is 17.3 Å². The molecule has 0 saturated carbocycles. The fourth-order valence-electron chi connectivity index (χ4n) is 3.04. The van der Waals surface area contributed by atoms with Crippen LogP contribution in [0.1, 0.15) is 28.2 Å². The first-order valence-corrected chi connectivity index (χ1v) is 7.25. The molecule has 0 spiro atoms. The van der Waals surface area contributed by atoms with E-state index in [1.165, 1.54) is 0 Å². The molecule has 0 radical (unpaired) electrons. The molecule has 22 heavy (non-hydrogen) atoms. The van der Waals surface area contributed by atoms with Gasteiger partial charge in [0.1, 0.15) is 5.76 Å². The van der Waals surface area contributed by atoms with E-state index in [4.69, 9.17) is 4.52 Å². The van der Waals surface area contributed by atoms with Gasteiger partial charge in [0.15, 0.2) is 5.78 Å². The van der Waals surface area contributed by atoms with Gasteiger partial charge < -0.3 is 4.52 Å². The van der Waals surface area contributed by atoms with Crippen LogP contribution in [0.2, 0.25) is 0 Å². The molecule has 1 aliphatic rings. The molecule has 2 aromatic heterocycles. The van der Waals surface area contributed by atoms with Gasteiger partial charge in [0.05, 0.1) is 11.9 Å². The van der Waals surface area contributed by atoms with Gasteiger partial charge >= 0.3 is 0 Å². The van der Waals surface area contributed by atoms with Gasteiger partial charge in [-0.25, -0.2) is 0 Å². The third-order valence-corrected chi connectivity index (χ3v) is 4.14. The van der Waals surface area contributed by atoms with Crippen molar-refractivity contribution < 1.29 is 9.32 Å². The molecule has 0 N–H and O–H groups in total. The SMILES string of the molecule is Cc1noc2c1-c1ccc(-c3cnn(C)c3)cc1C(=O)CC2. The lowest BCUT2D eigenvalue weighted by atomic mass is 9.94. The van der Waals surface area contributed by atoms with Crippen LogP contribution < -0.4 is 0 Å². The number of Topliss-reactive ketones (excluding diaryl/α,β-unsaturated/α-hetero) is 1. The van der Waals surface area contributed by atoms with Crippen LogP contribution in [-0.2, 0) is 13.5 Å². The van der Waals surface area contributed by atoms with Crippen LogP contribution in [0.25, 0.3) is 22.3 Å². The van der Waals surface area contributed by atoms with Crippen LogP contribution in [0.3, 0.4) is 0 Å². The van der Waals surface area contributed by atoms with Gasteiger partial charge in [-0.2, -0.15) is 5.10 Å². The number of carbonyl (C=O) groups excluding carboxylic acids is 1. The molecule has 1 aromatic carbocycles. The summed E-state index contributed by atoms with van der Waals surface area (Å²) in [5.74, 6) is 0.949. The zero-order valence-electron chi connectivity index (χ0n) is 12.5. The second-order valence-corrected chi connectivity index (χ2v) is 5.65. The van der Waals surface area contributed by atoms with Crippen LogP contribution in [0, 0.1) is 6.92 Å². The Morgan fingerprint density at radius 3 is 2.82 bits per heavy atom. The first-order chi connectivity index (χ1) is 10.6. The van der Waals surface area contributed by atoms with Gasteiger partial charge in [-0.05, 0) is 24.1 Å². The van der Waals surface area contributed by atoms with Crippen molar-refractivity contribution in [3.63, 3.8) is 0 Å². The number of aryl methyl sites for hydroxylation is 3. The standard InChI is InChI=1S/C17H15N3O2/c1-10-17-13-4-3-11(12-8-18-20(2)9-12)7-14(13)15(21)5-6-16(17)22-19-10/h3-4,7-9H,5-6H2,1-2H3. The summed E-state index contributed by atoms with van der Waals surface area (Å²) in [6.07, 6.45) is 4.80. The second kappa shape index (κ2) is 4.66. The summed E-state index contributed by atoms with van der Waals surface area (Å²) in [7, 11) is 1.88. The number of hydrogen-bond donors (Lipinski definition) is 0. The molecule has 2 heterocycles. The van der Waals surface area contributed by atoms with E-state index in [0.717, 1.165) is 39.3 Å². The minimum atomic E-state index is 0.145. The molecule has 5 nitrogen and oxygen atoms in total. The second-order valence-electron chi connectivity index (χ2n) is 5.65. The number of aromatic nitrogens is 3. The summed E-state index contributed by atoms with van der Waals surface area (Å²) in [6.45, 7) is 1.91. The van der Waals surface area contributed by atoms with Crippen molar-refractivity contribution in [3.05, 3.63) is 47.6 Å². The highest BCUT2D eigenvalue weighted by Gasteiger charge is 2.25. The molecule has 0 fully saturated rings. The maximum Gasteiger partial charge on any atom is 0.163 e. The van der Waals surface area contributed by atoms with Gasteiger partial charge in [0, 0.05) is 42.8 Å². The number of carbonyl (C=O) groups is 1. The van der Waals surface area contributed by atoms with E-state index < -0.39 is 0 Å². The molecule has 0 amide bonds. The van der Waals surface area contributed by atoms with Crippen molar-refractivity contribution in [3.8, 4) is 22.3 Å². The Labute approximate surface area is 127 Å². The highest BCUT2D eigenvalue weighted by Crippen LogP contribution is 2.36. The van der Waals surface area contributed by atoms with Gasteiger partial charge in [0.25, 0.3) is 0 Å². The number of benzene rings is 1. The maximum absolute atomic E-state index is 12.5. The number of nitrogens with zero attached hydrogens (tertiary/aromatic N) is 3. The van der Waals surface area contributed by atoms with Gasteiger partial charge in [-0.3, -0.25) is 9.48 Å². The van der Waals surface area contributed by atoms with Crippen LogP contribution >= 0.6 is 0 Å². The van der Waals surface area contributed by atoms with Gasteiger partial charge in [0.2, 0.25) is 0 Å². The van der Waals surface area contributed by atoms with Crippen LogP contribution in [-0.4, -0.2) is 20.7 Å². The normalized spacial score (nSPS) is 13.6. The Bertz CT molecular complexity index is 889. The van der Waals surface area contributed by atoms with Crippen molar-refractivity contribution in [1.82, 2.24) is 14.9 Å². The Hall–Kier alpha value is -2.69. The Morgan fingerprint density at radius 2 is 2.05 bits per heavy atom. The van der Waals surface area contributed by atoms with E-state index >= 15 is 0 Å². The first kappa shape index (κ1) is 13.0. The molecule has 0 unspecified atom stereocenters. The zero-order valence-corrected chi connectivity index (χ0v) is 12.5. The highest BCUT2D eigenvalue weighted by atomic mass is 16.5. The predicted molar refractivity (Wildman–Crippen MR) is 81.5 cm³/mol. The van der Waals surface area contributed by atoms with E-state index in [-0.39, 0.29) is 5.78 Å². The van der Waals surface area contributed by atoms with Crippen LogP contribution in [0.4, 0.5) is 0 Å². The summed E-state index contributed by atoms with van der Waals surface area (Å²) >= 11 is 0. The molecular weight excluding hydrogens is 278 g/mol. The highest BCUT2D eigenvalue weighted by molar-refractivity contribution is 6.05. The summed E-state index contributed by atoms with van der Waals surface area (Å²) in [5, 5.41) is 8.24. The Morgan fingerprint density at radius 1 is 1.18 bits per heavy atom. The van der Waals surface area contributed by atoms with Crippen molar-refractivity contribution in [2.75, 3.05) is 0 Å². The van der Waals surface area contributed by atoms with Crippen LogP contribution in [0.5, 0.6) is 0 Å². The lowest BCUT2D eigenvalue weighted by Gasteiger charge is -2.08. The summed E-state index contributed by atoms with van der Waals surface area (Å²) in [5.41, 5.74) is 5.47. The smallest absolute Gasteiger partial charge is 0.163 e. The summed E-state index contributed by atoms with van der Waals surface area (Å²) in [4.78, 5) is 12.5. The van der Waals surface area contributed by atoms with E-state index in [2.05, 4.69) is 10.3 Å². The molecule has 0 aliphatic heterocycles. The number of hydrogen-bond acceptors (Lipinski definition) is 4. The fraction of sp³-hybridized carbons (Fsp3) is 0.235. The molecule has 110 valence electrons. The van der Waals surface area contributed by atoms with E-state index in [0.29, 0.717) is 12.8 Å². The van der Waals surface area contributed by atoms with E-state index in [1.807, 2.05) is 38.4 Å². The van der Waals surface area contributed by atoms with Crippen molar-refractivity contribution in [2.24, 2.45) is 7.05 Å². The number of ketones is 1. The van der Waals surface area contributed by atoms with Crippen molar-refractivity contribution in [2.45, 2.75) is 19.8 Å². The number of rotatable bonds is 1. The fourth-order valence-corrected chi connectivity index (χ4v) is 3.04. The first-order valence-electron chi connectivity index (χ1n) is 7.25. The minimum absolute atomic E-state index is 0.145. The predicted octanol–water partition coefficient (Wildman–Crippen LogP) is 3.18. The summed E-state index contributed by atoms with van der Waals surface area (Å²) < 4.78 is 7.13. The Kier molecular flexibility index (Phi) is 2.76. The average Bonchev–Trinajstić information content (AvgIpc) is 3.07. The molecule has 3 aromatic rings. The Balaban J connectivity index is 1.92. The quantitative estimate of drug-likeness (QED) is 0.691.